The van der Waals surface area contributed by atoms with Gasteiger partial charge in [0.25, 0.3) is 5.78 Å². The third kappa shape index (κ3) is 2.15. The summed E-state index contributed by atoms with van der Waals surface area (Å²) < 4.78 is 42.4. The van der Waals surface area contributed by atoms with E-state index in [0.717, 1.165) is 12.1 Å². The minimum atomic E-state index is -0.995. The molecule has 0 aliphatic carbocycles. The van der Waals surface area contributed by atoms with Crippen LogP contribution in [0.3, 0.4) is 0 Å². The minimum absolute atomic E-state index is 0.228. The van der Waals surface area contributed by atoms with Crippen molar-refractivity contribution in [3.63, 3.8) is 0 Å². The largest absolute Gasteiger partial charge is 0.329 e. The summed E-state index contributed by atoms with van der Waals surface area (Å²) in [5.74, 6) is -1.85. The average molecular weight is 329 g/mol. The molecular weight excluding hydrogens is 319 g/mol. The maximum absolute atomic E-state index is 13.8. The first kappa shape index (κ1) is 14.4. The number of aromatic nitrogens is 4. The van der Waals surface area contributed by atoms with Crippen LogP contribution < -0.4 is 4.90 Å². The molecule has 120 valence electrons. The highest BCUT2D eigenvalue weighted by atomic mass is 19.2. The number of hydrogen-bond acceptors (Lipinski definition) is 4. The van der Waals surface area contributed by atoms with Crippen molar-refractivity contribution in [1.82, 2.24) is 19.6 Å². The fourth-order valence-corrected chi connectivity index (χ4v) is 2.61. The first-order valence-corrected chi connectivity index (χ1v) is 7.02. The van der Waals surface area contributed by atoms with Gasteiger partial charge >= 0.3 is 0 Å². The summed E-state index contributed by atoms with van der Waals surface area (Å²) >= 11 is 0. The van der Waals surface area contributed by atoms with Crippen LogP contribution in [0.5, 0.6) is 0 Å². The van der Waals surface area contributed by atoms with E-state index in [1.807, 2.05) is 0 Å². The summed E-state index contributed by atoms with van der Waals surface area (Å²) in [7, 11) is 1.66. The second-order valence-electron chi connectivity index (χ2n) is 5.26. The summed E-state index contributed by atoms with van der Waals surface area (Å²) in [5, 5.41) is 7.96. The third-order valence-electron chi connectivity index (χ3n) is 3.79. The molecule has 5 nitrogen and oxygen atoms in total. The first-order valence-electron chi connectivity index (χ1n) is 7.02. The summed E-state index contributed by atoms with van der Waals surface area (Å²) in [6.45, 7) is 0. The van der Waals surface area contributed by atoms with Crippen molar-refractivity contribution in [2.24, 2.45) is 0 Å². The predicted molar refractivity (Wildman–Crippen MR) is 82.7 cm³/mol. The maximum Gasteiger partial charge on any atom is 0.257 e. The van der Waals surface area contributed by atoms with Crippen LogP contribution in [-0.2, 0) is 0 Å². The summed E-state index contributed by atoms with van der Waals surface area (Å²) in [6, 6.07) is 8.00. The molecule has 0 aliphatic rings. The van der Waals surface area contributed by atoms with Gasteiger partial charge in [0.05, 0.1) is 5.52 Å². The average Bonchev–Trinajstić information content (AvgIpc) is 3.03. The molecule has 0 radical (unpaired) electrons. The molecule has 2 aromatic carbocycles. The van der Waals surface area contributed by atoms with Crippen molar-refractivity contribution >= 4 is 28.2 Å². The Bertz CT molecular complexity index is 1080. The smallest absolute Gasteiger partial charge is 0.257 e. The van der Waals surface area contributed by atoms with E-state index in [9.17, 15) is 13.2 Å². The van der Waals surface area contributed by atoms with Crippen LogP contribution in [0.1, 0.15) is 0 Å². The maximum atomic E-state index is 13.8. The van der Waals surface area contributed by atoms with Gasteiger partial charge in [-0.25, -0.2) is 13.2 Å². The van der Waals surface area contributed by atoms with Crippen LogP contribution in [0.25, 0.3) is 16.7 Å². The van der Waals surface area contributed by atoms with Gasteiger partial charge in [-0.05, 0) is 24.3 Å². The van der Waals surface area contributed by atoms with Gasteiger partial charge in [0, 0.05) is 24.2 Å². The molecule has 4 rings (SSSR count). The van der Waals surface area contributed by atoms with Crippen molar-refractivity contribution in [2.75, 3.05) is 11.9 Å². The molecule has 0 saturated carbocycles. The number of rotatable bonds is 2. The Morgan fingerprint density at radius 1 is 1.04 bits per heavy atom. The lowest BCUT2D eigenvalue weighted by atomic mass is 10.2. The Morgan fingerprint density at radius 3 is 2.62 bits per heavy atom. The van der Waals surface area contributed by atoms with E-state index in [2.05, 4.69) is 15.2 Å². The molecule has 0 spiro atoms. The van der Waals surface area contributed by atoms with E-state index in [1.54, 1.807) is 24.1 Å². The molecule has 0 unspecified atom stereocenters. The predicted octanol–water partition coefficient (Wildman–Crippen LogP) is 3.46. The number of hydrogen-bond donors (Lipinski definition) is 0. The molecule has 0 N–H and O–H groups in total. The molecule has 0 atom stereocenters. The van der Waals surface area contributed by atoms with Crippen molar-refractivity contribution in [3.05, 3.63) is 60.2 Å². The van der Waals surface area contributed by atoms with Gasteiger partial charge in [-0.2, -0.15) is 4.98 Å². The van der Waals surface area contributed by atoms with Crippen molar-refractivity contribution in [1.29, 1.82) is 0 Å². The quantitative estimate of drug-likeness (QED) is 0.565. The standard InChI is InChI=1S/C16H10F3N5/c1-23(10-4-2-3-9(17)5-10)15-11-6-12(18)13(19)7-14(11)24-8-20-22-16(24)21-15/h2-8H,1H3. The molecule has 0 fully saturated rings. The molecule has 0 aliphatic heterocycles. The topological polar surface area (TPSA) is 46.3 Å². The van der Waals surface area contributed by atoms with Crippen molar-refractivity contribution in [3.8, 4) is 0 Å². The summed E-state index contributed by atoms with van der Waals surface area (Å²) in [6.07, 6.45) is 1.37. The molecule has 0 amide bonds. The molecule has 0 bridgehead atoms. The first-order chi connectivity index (χ1) is 11.5. The highest BCUT2D eigenvalue weighted by Gasteiger charge is 2.17. The zero-order valence-electron chi connectivity index (χ0n) is 12.4. The normalized spacial score (nSPS) is 11.3. The lowest BCUT2D eigenvalue weighted by Gasteiger charge is -2.20. The Labute approximate surface area is 134 Å². The lowest BCUT2D eigenvalue weighted by molar-refractivity contribution is 0.510. The van der Waals surface area contributed by atoms with Gasteiger partial charge < -0.3 is 4.90 Å². The SMILES string of the molecule is CN(c1cccc(F)c1)c1nc2nncn2c2cc(F)c(F)cc12. The van der Waals surface area contributed by atoms with Crippen LogP contribution >= 0.6 is 0 Å². The molecule has 24 heavy (non-hydrogen) atoms. The van der Waals surface area contributed by atoms with Crippen molar-refractivity contribution in [2.45, 2.75) is 0 Å². The molecule has 2 heterocycles. The zero-order valence-corrected chi connectivity index (χ0v) is 12.4. The van der Waals surface area contributed by atoms with E-state index in [1.165, 1.54) is 22.9 Å². The van der Waals surface area contributed by atoms with Crippen LogP contribution in [0.4, 0.5) is 24.7 Å². The highest BCUT2D eigenvalue weighted by molar-refractivity contribution is 5.93. The summed E-state index contributed by atoms with van der Waals surface area (Å²) in [4.78, 5) is 5.92. The molecule has 2 aromatic heterocycles. The number of halogens is 3. The minimum Gasteiger partial charge on any atom is -0.329 e. The van der Waals surface area contributed by atoms with Crippen molar-refractivity contribution < 1.29 is 13.2 Å². The highest BCUT2D eigenvalue weighted by Crippen LogP contribution is 2.31. The van der Waals surface area contributed by atoms with E-state index in [-0.39, 0.29) is 5.78 Å². The fourth-order valence-electron chi connectivity index (χ4n) is 2.61. The Kier molecular flexibility index (Phi) is 3.12. The van der Waals surface area contributed by atoms with Crippen LogP contribution in [-0.4, -0.2) is 26.6 Å². The van der Waals surface area contributed by atoms with Crippen LogP contribution in [0.2, 0.25) is 0 Å². The van der Waals surface area contributed by atoms with Crippen LogP contribution in [0.15, 0.2) is 42.7 Å². The fraction of sp³-hybridized carbons (Fsp3) is 0.0625. The number of benzene rings is 2. The second kappa shape index (κ2) is 5.19. The number of nitrogens with zero attached hydrogens (tertiary/aromatic N) is 5. The van der Waals surface area contributed by atoms with Gasteiger partial charge in [-0.15, -0.1) is 10.2 Å². The number of fused-ring (bicyclic) bond motifs is 3. The Morgan fingerprint density at radius 2 is 1.83 bits per heavy atom. The monoisotopic (exact) mass is 329 g/mol. The number of anilines is 2. The molecular formula is C16H10F3N5. The molecule has 8 heteroatoms. The lowest BCUT2D eigenvalue weighted by Crippen LogP contribution is -2.13. The van der Waals surface area contributed by atoms with Crippen LogP contribution in [0, 0.1) is 17.5 Å². The Balaban J connectivity index is 2.04. The third-order valence-corrected chi connectivity index (χ3v) is 3.79. The van der Waals surface area contributed by atoms with Gasteiger partial charge in [-0.3, -0.25) is 4.40 Å². The van der Waals surface area contributed by atoms with Gasteiger partial charge in [0.15, 0.2) is 11.6 Å². The zero-order chi connectivity index (χ0) is 16.8. The Hall–Kier alpha value is -3.16. The van der Waals surface area contributed by atoms with E-state index in [4.69, 9.17) is 0 Å². The second-order valence-corrected chi connectivity index (χ2v) is 5.26. The van der Waals surface area contributed by atoms with Gasteiger partial charge in [0.2, 0.25) is 0 Å². The van der Waals surface area contributed by atoms with Gasteiger partial charge in [-0.1, -0.05) is 6.07 Å². The molecule has 0 saturated heterocycles. The molecule has 4 aromatic rings. The van der Waals surface area contributed by atoms with E-state index in [0.29, 0.717) is 22.4 Å². The van der Waals surface area contributed by atoms with Gasteiger partial charge in [0.1, 0.15) is 18.0 Å². The van der Waals surface area contributed by atoms with E-state index >= 15 is 0 Å². The summed E-state index contributed by atoms with van der Waals surface area (Å²) in [5.41, 5.74) is 0.875. The van der Waals surface area contributed by atoms with E-state index < -0.39 is 17.5 Å².